The standard InChI is InChI=1S/C18H25N3/c1-15-7-5-11-17-18(15)20-21(17)14-13-19-12-6-10-16-8-3-2-4-9-16/h2-3,5,7-8,11,19-20H,4,6,9-10,12-14H2,1H3. The minimum atomic E-state index is 1.02. The van der Waals surface area contributed by atoms with Crippen molar-refractivity contribution in [3.8, 4) is 0 Å². The average molecular weight is 283 g/mol. The first-order valence-electron chi connectivity index (χ1n) is 8.04. The Morgan fingerprint density at radius 1 is 1.29 bits per heavy atom. The Morgan fingerprint density at radius 2 is 2.24 bits per heavy atom. The molecular weight excluding hydrogens is 258 g/mol. The zero-order valence-corrected chi connectivity index (χ0v) is 12.9. The monoisotopic (exact) mass is 283 g/mol. The number of H-pyrrole nitrogens is 1. The summed E-state index contributed by atoms with van der Waals surface area (Å²) in [7, 11) is 0. The second-order valence-corrected chi connectivity index (χ2v) is 5.88. The summed E-state index contributed by atoms with van der Waals surface area (Å²) in [5, 5.41) is 6.95. The topological polar surface area (TPSA) is 32.8 Å². The third-order valence-electron chi connectivity index (χ3n) is 4.25. The van der Waals surface area contributed by atoms with Crippen LogP contribution in [-0.2, 0) is 6.54 Å². The van der Waals surface area contributed by atoms with E-state index < -0.39 is 0 Å². The van der Waals surface area contributed by atoms with Crippen LogP contribution in [0, 0.1) is 6.92 Å². The molecule has 0 fully saturated rings. The fourth-order valence-electron chi connectivity index (χ4n) is 2.96. The molecule has 3 nitrogen and oxygen atoms in total. The molecule has 112 valence electrons. The predicted molar refractivity (Wildman–Crippen MR) is 89.6 cm³/mol. The molecule has 1 aromatic heterocycles. The van der Waals surface area contributed by atoms with Crippen molar-refractivity contribution in [2.75, 3.05) is 13.1 Å². The van der Waals surface area contributed by atoms with E-state index in [2.05, 4.69) is 58.4 Å². The number of hydrogen-bond acceptors (Lipinski definition) is 1. The third-order valence-corrected chi connectivity index (χ3v) is 4.25. The fraction of sp³-hybridized carbons (Fsp3) is 0.444. The van der Waals surface area contributed by atoms with Gasteiger partial charge in [-0.3, -0.25) is 9.78 Å². The summed E-state index contributed by atoms with van der Waals surface area (Å²) in [5.74, 6) is 0. The van der Waals surface area contributed by atoms with Crippen molar-refractivity contribution in [1.82, 2.24) is 15.1 Å². The molecule has 0 bridgehead atoms. The lowest BCUT2D eigenvalue weighted by Gasteiger charge is -2.18. The summed E-state index contributed by atoms with van der Waals surface area (Å²) >= 11 is 0. The van der Waals surface area contributed by atoms with E-state index in [1.54, 1.807) is 5.57 Å². The Morgan fingerprint density at radius 3 is 3.10 bits per heavy atom. The number of aryl methyl sites for hydroxylation is 1. The van der Waals surface area contributed by atoms with Crippen LogP contribution in [0.3, 0.4) is 0 Å². The predicted octanol–water partition coefficient (Wildman–Crippen LogP) is 3.92. The van der Waals surface area contributed by atoms with Crippen molar-refractivity contribution in [2.45, 2.75) is 39.2 Å². The van der Waals surface area contributed by atoms with E-state index in [0.717, 1.165) is 19.6 Å². The van der Waals surface area contributed by atoms with Crippen LogP contribution in [0.4, 0.5) is 0 Å². The van der Waals surface area contributed by atoms with Gasteiger partial charge in [-0.2, -0.15) is 0 Å². The van der Waals surface area contributed by atoms with E-state index in [0.29, 0.717) is 0 Å². The van der Waals surface area contributed by atoms with Crippen LogP contribution >= 0.6 is 0 Å². The van der Waals surface area contributed by atoms with Gasteiger partial charge in [-0.25, -0.2) is 0 Å². The lowest BCUT2D eigenvalue weighted by molar-refractivity contribution is 0.546. The summed E-state index contributed by atoms with van der Waals surface area (Å²) < 4.78 is 2.23. The molecule has 0 spiro atoms. The van der Waals surface area contributed by atoms with E-state index in [1.807, 2.05) is 0 Å². The largest absolute Gasteiger partial charge is 0.315 e. The molecule has 1 aliphatic rings. The van der Waals surface area contributed by atoms with Gasteiger partial charge in [0.2, 0.25) is 0 Å². The number of hydrogen-bond donors (Lipinski definition) is 2. The molecule has 2 N–H and O–H groups in total. The first kappa shape index (κ1) is 14.2. The zero-order valence-electron chi connectivity index (χ0n) is 12.9. The van der Waals surface area contributed by atoms with E-state index in [1.165, 1.54) is 42.3 Å². The van der Waals surface area contributed by atoms with Gasteiger partial charge >= 0.3 is 0 Å². The van der Waals surface area contributed by atoms with Gasteiger partial charge in [0.1, 0.15) is 0 Å². The van der Waals surface area contributed by atoms with Crippen molar-refractivity contribution in [3.05, 3.63) is 47.6 Å². The SMILES string of the molecule is Cc1cccc2c1[nH]n2CCNCCCC1=CC=CCC1. The molecule has 0 radical (unpaired) electrons. The number of rotatable bonds is 7. The molecule has 3 heteroatoms. The van der Waals surface area contributed by atoms with Crippen LogP contribution in [0.1, 0.15) is 31.2 Å². The minimum absolute atomic E-state index is 1.02. The highest BCUT2D eigenvalue weighted by Gasteiger charge is 2.06. The Kier molecular flexibility index (Phi) is 4.61. The summed E-state index contributed by atoms with van der Waals surface area (Å²) in [4.78, 5) is 0. The molecule has 0 saturated heterocycles. The van der Waals surface area contributed by atoms with Crippen LogP contribution in [-0.4, -0.2) is 22.9 Å². The van der Waals surface area contributed by atoms with Crippen molar-refractivity contribution in [1.29, 1.82) is 0 Å². The second kappa shape index (κ2) is 6.81. The van der Waals surface area contributed by atoms with Crippen LogP contribution in [0.2, 0.25) is 0 Å². The Balaban J connectivity index is 1.34. The molecule has 2 aromatic rings. The number of nitrogens with zero attached hydrogens (tertiary/aromatic N) is 1. The lowest BCUT2D eigenvalue weighted by atomic mass is 10.0. The van der Waals surface area contributed by atoms with Gasteiger partial charge in [-0.15, -0.1) is 0 Å². The summed E-state index contributed by atoms with van der Waals surface area (Å²) in [6.45, 7) is 5.30. The maximum Gasteiger partial charge on any atom is 0.0824 e. The maximum absolute atomic E-state index is 3.54. The molecule has 0 aliphatic heterocycles. The highest BCUT2D eigenvalue weighted by atomic mass is 15.3. The Labute approximate surface area is 126 Å². The number of benzene rings is 1. The smallest absolute Gasteiger partial charge is 0.0824 e. The average Bonchev–Trinajstić information content (AvgIpc) is 2.49. The number of allylic oxidation sites excluding steroid dienone is 4. The van der Waals surface area contributed by atoms with E-state index in [9.17, 15) is 0 Å². The van der Waals surface area contributed by atoms with Gasteiger partial charge < -0.3 is 5.32 Å². The van der Waals surface area contributed by atoms with Gasteiger partial charge in [-0.1, -0.05) is 35.9 Å². The van der Waals surface area contributed by atoms with E-state index >= 15 is 0 Å². The highest BCUT2D eigenvalue weighted by Crippen LogP contribution is 2.18. The number of aromatic amines is 1. The molecular formula is C18H25N3. The summed E-state index contributed by atoms with van der Waals surface area (Å²) in [6.07, 6.45) is 11.7. The van der Waals surface area contributed by atoms with Crippen molar-refractivity contribution in [2.24, 2.45) is 0 Å². The number of nitrogens with one attached hydrogen (secondary N) is 2. The number of para-hydroxylation sites is 1. The molecule has 0 amide bonds. The Bertz CT molecular complexity index is 643. The molecule has 0 unspecified atom stereocenters. The number of aromatic nitrogens is 2. The third kappa shape index (κ3) is 3.48. The molecule has 0 atom stereocenters. The summed E-state index contributed by atoms with van der Waals surface area (Å²) in [6, 6.07) is 6.46. The van der Waals surface area contributed by atoms with E-state index in [4.69, 9.17) is 0 Å². The lowest BCUT2D eigenvalue weighted by Crippen LogP contribution is -2.24. The zero-order chi connectivity index (χ0) is 14.5. The van der Waals surface area contributed by atoms with Gasteiger partial charge in [0.15, 0.2) is 0 Å². The van der Waals surface area contributed by atoms with E-state index in [-0.39, 0.29) is 0 Å². The summed E-state index contributed by atoms with van der Waals surface area (Å²) in [5.41, 5.74) is 5.55. The first-order valence-corrected chi connectivity index (χ1v) is 8.04. The molecule has 3 rings (SSSR count). The van der Waals surface area contributed by atoms with Crippen LogP contribution < -0.4 is 5.32 Å². The normalized spacial score (nSPS) is 14.8. The van der Waals surface area contributed by atoms with Crippen LogP contribution in [0.15, 0.2) is 42.0 Å². The number of fused-ring (bicyclic) bond motifs is 1. The van der Waals surface area contributed by atoms with Gasteiger partial charge in [0.05, 0.1) is 17.6 Å². The van der Waals surface area contributed by atoms with Gasteiger partial charge in [0.25, 0.3) is 0 Å². The molecule has 0 saturated carbocycles. The maximum atomic E-state index is 3.54. The van der Waals surface area contributed by atoms with Gasteiger partial charge in [0, 0.05) is 6.54 Å². The molecule has 1 aliphatic carbocycles. The quantitative estimate of drug-likeness (QED) is 0.742. The Hall–Kier alpha value is -1.74. The molecule has 1 aromatic carbocycles. The van der Waals surface area contributed by atoms with Crippen molar-refractivity contribution in [3.63, 3.8) is 0 Å². The minimum Gasteiger partial charge on any atom is -0.315 e. The molecule has 1 heterocycles. The second-order valence-electron chi connectivity index (χ2n) is 5.88. The molecule has 21 heavy (non-hydrogen) atoms. The van der Waals surface area contributed by atoms with Crippen molar-refractivity contribution >= 4 is 11.0 Å². The first-order chi connectivity index (χ1) is 10.3. The fourth-order valence-corrected chi connectivity index (χ4v) is 2.96. The van der Waals surface area contributed by atoms with Crippen molar-refractivity contribution < 1.29 is 0 Å². The van der Waals surface area contributed by atoms with Crippen LogP contribution in [0.25, 0.3) is 11.0 Å². The highest BCUT2D eigenvalue weighted by molar-refractivity contribution is 5.80. The van der Waals surface area contributed by atoms with Crippen LogP contribution in [0.5, 0.6) is 0 Å². The van der Waals surface area contributed by atoms with Gasteiger partial charge in [-0.05, 0) is 50.8 Å².